The Bertz CT molecular complexity index is 593. The minimum Gasteiger partial charge on any atom is -0.477 e. The third kappa shape index (κ3) is 4.13. The van der Waals surface area contributed by atoms with Gasteiger partial charge in [0.05, 0.1) is 4.92 Å². The van der Waals surface area contributed by atoms with Crippen LogP contribution in [0.2, 0.25) is 0 Å². The summed E-state index contributed by atoms with van der Waals surface area (Å²) in [4.78, 5) is 37.4. The Labute approximate surface area is 120 Å². The van der Waals surface area contributed by atoms with Crippen molar-refractivity contribution < 1.29 is 24.4 Å². The van der Waals surface area contributed by atoms with Crippen LogP contribution in [0, 0.1) is 10.1 Å². The monoisotopic (exact) mass is 297 g/mol. The fraction of sp³-hybridized carbons (Fsp3) is 0.417. The summed E-state index contributed by atoms with van der Waals surface area (Å²) < 4.78 is 5.07. The summed E-state index contributed by atoms with van der Waals surface area (Å²) in [7, 11) is 1.22. The molecule has 0 fully saturated rings. The summed E-state index contributed by atoms with van der Waals surface area (Å²) in [5, 5.41) is 19.8. The standard InChI is InChI=1S/C12H15N3O6/c1-12(2,3)21-11(18)14(4)9-8(15(19)20)6-5-7(13-9)10(16)17/h5-6H,1-4H3,(H,16,17). The fourth-order valence-corrected chi connectivity index (χ4v) is 1.37. The van der Waals surface area contributed by atoms with Gasteiger partial charge in [-0.15, -0.1) is 0 Å². The molecule has 0 spiro atoms. The summed E-state index contributed by atoms with van der Waals surface area (Å²) >= 11 is 0. The van der Waals surface area contributed by atoms with E-state index in [-0.39, 0.29) is 0 Å². The molecule has 0 bridgehead atoms. The number of carboxylic acid groups (broad SMARTS) is 1. The molecule has 21 heavy (non-hydrogen) atoms. The highest BCUT2D eigenvalue weighted by Gasteiger charge is 2.28. The maximum atomic E-state index is 11.9. The highest BCUT2D eigenvalue weighted by molar-refractivity contribution is 5.91. The van der Waals surface area contributed by atoms with Gasteiger partial charge in [0.1, 0.15) is 5.60 Å². The number of amides is 1. The maximum Gasteiger partial charge on any atom is 0.415 e. The number of carboxylic acids is 1. The summed E-state index contributed by atoms with van der Waals surface area (Å²) in [6, 6.07) is 1.97. The summed E-state index contributed by atoms with van der Waals surface area (Å²) in [6.07, 6.45) is -0.874. The lowest BCUT2D eigenvalue weighted by Gasteiger charge is -2.24. The molecule has 1 rings (SSSR count). The van der Waals surface area contributed by atoms with Gasteiger partial charge in [-0.1, -0.05) is 0 Å². The highest BCUT2D eigenvalue weighted by Crippen LogP contribution is 2.26. The third-order valence-electron chi connectivity index (χ3n) is 2.26. The predicted molar refractivity (Wildman–Crippen MR) is 72.5 cm³/mol. The number of aromatic carboxylic acids is 1. The second kappa shape index (κ2) is 5.73. The smallest absolute Gasteiger partial charge is 0.415 e. The van der Waals surface area contributed by atoms with Crippen LogP contribution < -0.4 is 4.90 Å². The van der Waals surface area contributed by atoms with E-state index in [9.17, 15) is 19.7 Å². The lowest BCUT2D eigenvalue weighted by atomic mass is 10.2. The zero-order chi connectivity index (χ0) is 16.4. The molecule has 0 unspecified atom stereocenters. The molecule has 1 N–H and O–H groups in total. The minimum atomic E-state index is -1.36. The number of carbonyl (C=O) groups is 2. The van der Waals surface area contributed by atoms with E-state index in [2.05, 4.69) is 4.98 Å². The van der Waals surface area contributed by atoms with Crippen molar-refractivity contribution in [3.8, 4) is 0 Å². The number of carbonyl (C=O) groups excluding carboxylic acids is 1. The van der Waals surface area contributed by atoms with Gasteiger partial charge in [-0.25, -0.2) is 14.6 Å². The number of ether oxygens (including phenoxy) is 1. The molecule has 0 aliphatic carbocycles. The Morgan fingerprint density at radius 2 is 1.95 bits per heavy atom. The van der Waals surface area contributed by atoms with E-state index < -0.39 is 39.8 Å². The zero-order valence-corrected chi connectivity index (χ0v) is 12.0. The van der Waals surface area contributed by atoms with E-state index in [1.807, 2.05) is 0 Å². The number of pyridine rings is 1. The largest absolute Gasteiger partial charge is 0.477 e. The van der Waals surface area contributed by atoms with E-state index in [4.69, 9.17) is 9.84 Å². The maximum absolute atomic E-state index is 11.9. The minimum absolute atomic E-state index is 0.394. The molecule has 0 aromatic carbocycles. The van der Waals surface area contributed by atoms with Crippen molar-refractivity contribution in [3.05, 3.63) is 27.9 Å². The molecule has 114 valence electrons. The average molecular weight is 297 g/mol. The molecule has 9 heteroatoms. The number of hydrogen-bond acceptors (Lipinski definition) is 6. The third-order valence-corrected chi connectivity index (χ3v) is 2.26. The number of rotatable bonds is 3. The van der Waals surface area contributed by atoms with Crippen LogP contribution in [0.3, 0.4) is 0 Å². The van der Waals surface area contributed by atoms with Crippen molar-refractivity contribution in [2.24, 2.45) is 0 Å². The number of aromatic nitrogens is 1. The SMILES string of the molecule is CN(C(=O)OC(C)(C)C)c1nc(C(=O)O)ccc1[N+](=O)[O-]. The van der Waals surface area contributed by atoms with Gasteiger partial charge in [-0.3, -0.25) is 15.0 Å². The summed E-state index contributed by atoms with van der Waals surface area (Å²) in [5.41, 5.74) is -1.70. The molecule has 1 aromatic rings. The van der Waals surface area contributed by atoms with Crippen LogP contribution in [0.1, 0.15) is 31.3 Å². The topological polar surface area (TPSA) is 123 Å². The first-order valence-electron chi connectivity index (χ1n) is 5.88. The second-order valence-corrected chi connectivity index (χ2v) is 5.14. The Morgan fingerprint density at radius 1 is 1.38 bits per heavy atom. The molecule has 1 heterocycles. The van der Waals surface area contributed by atoms with Crippen LogP contribution in [0.15, 0.2) is 12.1 Å². The molecule has 1 aromatic heterocycles. The van der Waals surface area contributed by atoms with Crippen LogP contribution in [-0.4, -0.2) is 39.7 Å². The van der Waals surface area contributed by atoms with Crippen molar-refractivity contribution in [1.29, 1.82) is 0 Å². The van der Waals surface area contributed by atoms with E-state index >= 15 is 0 Å². The zero-order valence-electron chi connectivity index (χ0n) is 12.0. The molecule has 9 nitrogen and oxygen atoms in total. The van der Waals surface area contributed by atoms with Gasteiger partial charge in [0.15, 0.2) is 5.69 Å². The van der Waals surface area contributed by atoms with Gasteiger partial charge in [0, 0.05) is 13.1 Å². The average Bonchev–Trinajstić information content (AvgIpc) is 2.34. The van der Waals surface area contributed by atoms with Gasteiger partial charge >= 0.3 is 17.7 Å². The Kier molecular flexibility index (Phi) is 4.46. The van der Waals surface area contributed by atoms with Crippen LogP contribution in [0.5, 0.6) is 0 Å². The number of nitro groups is 1. The van der Waals surface area contributed by atoms with Crippen molar-refractivity contribution in [2.75, 3.05) is 11.9 Å². The van der Waals surface area contributed by atoms with Crippen molar-refractivity contribution >= 4 is 23.6 Å². The van der Waals surface area contributed by atoms with Gasteiger partial charge in [-0.05, 0) is 26.8 Å². The number of nitrogens with zero attached hydrogens (tertiary/aromatic N) is 3. The van der Waals surface area contributed by atoms with Crippen LogP contribution in [0.25, 0.3) is 0 Å². The first-order valence-corrected chi connectivity index (χ1v) is 5.88. The van der Waals surface area contributed by atoms with Crippen LogP contribution in [0.4, 0.5) is 16.3 Å². The quantitative estimate of drug-likeness (QED) is 0.669. The van der Waals surface area contributed by atoms with E-state index in [1.165, 1.54) is 7.05 Å². The molecular formula is C12H15N3O6. The molecule has 1 amide bonds. The van der Waals surface area contributed by atoms with Crippen LogP contribution >= 0.6 is 0 Å². The molecule has 0 aliphatic heterocycles. The molecule has 0 aliphatic rings. The number of anilines is 1. The lowest BCUT2D eigenvalue weighted by Crippen LogP contribution is -2.35. The van der Waals surface area contributed by atoms with Gasteiger partial charge in [0.2, 0.25) is 5.82 Å². The highest BCUT2D eigenvalue weighted by atomic mass is 16.6. The van der Waals surface area contributed by atoms with Crippen molar-refractivity contribution in [1.82, 2.24) is 4.98 Å². The molecular weight excluding hydrogens is 282 g/mol. The first kappa shape index (κ1) is 16.3. The Balaban J connectivity index is 3.25. The molecule has 0 saturated carbocycles. The molecule has 0 saturated heterocycles. The lowest BCUT2D eigenvalue weighted by molar-refractivity contribution is -0.384. The van der Waals surface area contributed by atoms with Gasteiger partial charge in [0.25, 0.3) is 0 Å². The van der Waals surface area contributed by atoms with Crippen molar-refractivity contribution in [3.63, 3.8) is 0 Å². The van der Waals surface area contributed by atoms with E-state index in [1.54, 1.807) is 20.8 Å². The van der Waals surface area contributed by atoms with Gasteiger partial charge in [-0.2, -0.15) is 0 Å². The van der Waals surface area contributed by atoms with Crippen molar-refractivity contribution in [2.45, 2.75) is 26.4 Å². The van der Waals surface area contributed by atoms with Gasteiger partial charge < -0.3 is 9.84 Å². The van der Waals surface area contributed by atoms with E-state index in [0.717, 1.165) is 17.0 Å². The predicted octanol–water partition coefficient (Wildman–Crippen LogP) is 2.06. The Hall–Kier alpha value is -2.71. The van der Waals surface area contributed by atoms with Crippen LogP contribution in [-0.2, 0) is 4.74 Å². The first-order chi connectivity index (χ1) is 9.53. The second-order valence-electron chi connectivity index (χ2n) is 5.14. The summed E-state index contributed by atoms with van der Waals surface area (Å²) in [6.45, 7) is 4.90. The summed E-state index contributed by atoms with van der Waals surface area (Å²) in [5.74, 6) is -1.75. The molecule has 0 radical (unpaired) electrons. The molecule has 0 atom stereocenters. The normalized spacial score (nSPS) is 10.9. The number of hydrogen-bond donors (Lipinski definition) is 1. The fourth-order valence-electron chi connectivity index (χ4n) is 1.37. The Morgan fingerprint density at radius 3 is 2.38 bits per heavy atom. The van der Waals surface area contributed by atoms with E-state index in [0.29, 0.717) is 0 Å².